The molecule has 28 heavy (non-hydrogen) atoms. The minimum absolute atomic E-state index is 0.0460. The van der Waals surface area contributed by atoms with Crippen LogP contribution in [0.25, 0.3) is 0 Å². The van der Waals surface area contributed by atoms with Crippen LogP contribution in [0.15, 0.2) is 63.2 Å². The average molecular weight is 412 g/mol. The number of thioether (sulfide) groups is 1. The minimum Gasteiger partial charge on any atom is -0.508 e. The van der Waals surface area contributed by atoms with Crippen molar-refractivity contribution in [2.75, 3.05) is 0 Å². The third-order valence-electron chi connectivity index (χ3n) is 4.62. The van der Waals surface area contributed by atoms with Crippen molar-refractivity contribution >= 4 is 35.4 Å². The number of H-pyrrole nitrogens is 1. The van der Waals surface area contributed by atoms with Gasteiger partial charge in [0.1, 0.15) is 11.3 Å². The Morgan fingerprint density at radius 2 is 1.89 bits per heavy atom. The molecular weight excluding hydrogens is 394 g/mol. The number of phenols is 1. The largest absolute Gasteiger partial charge is 0.508 e. The standard InChI is InChI=1S/C20H17N3O3S2/c1-23-19(26)17(18(25)22-20(23)27)14-10-16(11-6-8-12(24)9-7-11)28-15-5-3-2-4-13(15)21-14/h2-9,16,24,26H,10H2,1H3,(H,22,25,27)/t16-/m1/s1. The van der Waals surface area contributed by atoms with E-state index in [0.717, 1.165) is 16.1 Å². The number of aromatic amines is 1. The smallest absolute Gasteiger partial charge is 0.264 e. The first-order valence-corrected chi connectivity index (χ1v) is 9.87. The quantitative estimate of drug-likeness (QED) is 0.550. The van der Waals surface area contributed by atoms with Gasteiger partial charge in [0.15, 0.2) is 4.77 Å². The highest BCUT2D eigenvalue weighted by Gasteiger charge is 2.26. The number of hydrogen-bond acceptors (Lipinski definition) is 6. The summed E-state index contributed by atoms with van der Waals surface area (Å²) in [7, 11) is 1.59. The van der Waals surface area contributed by atoms with Crippen LogP contribution in [-0.2, 0) is 7.05 Å². The van der Waals surface area contributed by atoms with Crippen LogP contribution in [0.1, 0.15) is 22.8 Å². The van der Waals surface area contributed by atoms with E-state index in [9.17, 15) is 15.0 Å². The molecule has 0 unspecified atom stereocenters. The molecule has 0 spiro atoms. The minimum atomic E-state index is -0.465. The first kappa shape index (κ1) is 18.5. The molecule has 0 bridgehead atoms. The molecule has 3 N–H and O–H groups in total. The zero-order valence-electron chi connectivity index (χ0n) is 14.9. The van der Waals surface area contributed by atoms with Crippen molar-refractivity contribution in [3.63, 3.8) is 0 Å². The Hall–Kier alpha value is -2.84. The first-order valence-electron chi connectivity index (χ1n) is 8.59. The maximum absolute atomic E-state index is 12.6. The number of aromatic nitrogens is 2. The molecule has 1 aliphatic heterocycles. The SMILES string of the molecule is Cn1c(O)c(C2=Nc3ccccc3S[C@@H](c3ccc(O)cc3)C2)c(=O)[nH]c1=S. The van der Waals surface area contributed by atoms with Gasteiger partial charge in [0.25, 0.3) is 5.56 Å². The summed E-state index contributed by atoms with van der Waals surface area (Å²) in [4.78, 5) is 20.9. The van der Waals surface area contributed by atoms with Crippen LogP contribution in [0.5, 0.6) is 11.6 Å². The summed E-state index contributed by atoms with van der Waals surface area (Å²) in [6, 6.07) is 14.7. The van der Waals surface area contributed by atoms with Crippen LogP contribution in [0.3, 0.4) is 0 Å². The molecule has 1 atom stereocenters. The fourth-order valence-corrected chi connectivity index (χ4v) is 4.52. The van der Waals surface area contributed by atoms with E-state index in [-0.39, 0.29) is 27.2 Å². The molecule has 0 aliphatic carbocycles. The van der Waals surface area contributed by atoms with Gasteiger partial charge >= 0.3 is 0 Å². The van der Waals surface area contributed by atoms with E-state index in [1.165, 1.54) is 4.57 Å². The summed E-state index contributed by atoms with van der Waals surface area (Å²) >= 11 is 6.71. The zero-order valence-corrected chi connectivity index (χ0v) is 16.5. The summed E-state index contributed by atoms with van der Waals surface area (Å²) < 4.78 is 1.50. The molecule has 6 nitrogen and oxygen atoms in total. The second kappa shape index (κ2) is 7.29. The van der Waals surface area contributed by atoms with Gasteiger partial charge in [-0.15, -0.1) is 11.8 Å². The summed E-state index contributed by atoms with van der Waals surface area (Å²) in [6.45, 7) is 0. The lowest BCUT2D eigenvalue weighted by molar-refractivity contribution is 0.419. The maximum atomic E-state index is 12.6. The molecule has 0 amide bonds. The summed E-state index contributed by atoms with van der Waals surface area (Å²) in [5.41, 5.74) is 1.88. The Kier molecular flexibility index (Phi) is 4.82. The number of benzene rings is 2. The predicted octanol–water partition coefficient (Wildman–Crippen LogP) is 4.21. The van der Waals surface area contributed by atoms with Crippen molar-refractivity contribution in [1.29, 1.82) is 0 Å². The lowest BCUT2D eigenvalue weighted by Crippen LogP contribution is -2.23. The molecule has 0 radical (unpaired) electrons. The number of nitrogens with one attached hydrogen (secondary N) is 1. The highest BCUT2D eigenvalue weighted by Crippen LogP contribution is 2.45. The number of nitrogens with zero attached hydrogens (tertiary/aromatic N) is 2. The fraction of sp³-hybridized carbons (Fsp3) is 0.150. The summed E-state index contributed by atoms with van der Waals surface area (Å²) in [6.07, 6.45) is 0.428. The van der Waals surface area contributed by atoms with Crippen molar-refractivity contribution in [3.05, 3.63) is 74.8 Å². The molecule has 0 saturated heterocycles. The van der Waals surface area contributed by atoms with Crippen LogP contribution in [0.2, 0.25) is 0 Å². The number of hydrogen-bond donors (Lipinski definition) is 3. The van der Waals surface area contributed by atoms with Gasteiger partial charge < -0.3 is 10.2 Å². The number of rotatable bonds is 2. The summed E-state index contributed by atoms with van der Waals surface area (Å²) in [5.74, 6) is -0.0138. The molecule has 0 saturated carbocycles. The Bertz CT molecular complexity index is 1200. The van der Waals surface area contributed by atoms with E-state index in [4.69, 9.17) is 17.2 Å². The van der Waals surface area contributed by atoms with Crippen molar-refractivity contribution in [3.8, 4) is 11.6 Å². The van der Waals surface area contributed by atoms with Crippen molar-refractivity contribution in [2.45, 2.75) is 16.6 Å². The van der Waals surface area contributed by atoms with Crippen molar-refractivity contribution in [1.82, 2.24) is 9.55 Å². The van der Waals surface area contributed by atoms with Gasteiger partial charge in [-0.1, -0.05) is 24.3 Å². The average Bonchev–Trinajstić information content (AvgIpc) is 2.86. The molecule has 2 heterocycles. The number of aromatic hydroxyl groups is 2. The number of para-hydroxylation sites is 1. The molecule has 142 valence electrons. The molecule has 1 aromatic heterocycles. The van der Waals surface area contributed by atoms with E-state index < -0.39 is 5.56 Å². The van der Waals surface area contributed by atoms with Crippen LogP contribution >= 0.6 is 24.0 Å². The number of aliphatic imine (C=N–C) groups is 1. The van der Waals surface area contributed by atoms with Gasteiger partial charge in [0.05, 0.1) is 11.4 Å². The predicted molar refractivity (Wildman–Crippen MR) is 112 cm³/mol. The van der Waals surface area contributed by atoms with Gasteiger partial charge in [-0.2, -0.15) is 0 Å². The highest BCUT2D eigenvalue weighted by atomic mass is 32.2. The van der Waals surface area contributed by atoms with Crippen molar-refractivity contribution in [2.24, 2.45) is 12.0 Å². The zero-order chi connectivity index (χ0) is 19.8. The van der Waals surface area contributed by atoms with Gasteiger partial charge in [-0.05, 0) is 42.0 Å². The normalized spacial score (nSPS) is 16.2. The second-order valence-corrected chi connectivity index (χ2v) is 8.08. The molecule has 0 fully saturated rings. The first-order chi connectivity index (χ1) is 13.4. The Morgan fingerprint density at radius 1 is 1.18 bits per heavy atom. The topological polar surface area (TPSA) is 90.6 Å². The third-order valence-corrected chi connectivity index (χ3v) is 6.31. The monoisotopic (exact) mass is 411 g/mol. The number of fused-ring (bicyclic) bond motifs is 1. The lowest BCUT2D eigenvalue weighted by atomic mass is 10.0. The Balaban J connectivity index is 1.90. The van der Waals surface area contributed by atoms with Gasteiger partial charge in [0.2, 0.25) is 5.88 Å². The van der Waals surface area contributed by atoms with Crippen LogP contribution in [0.4, 0.5) is 5.69 Å². The van der Waals surface area contributed by atoms with Gasteiger partial charge in [-0.3, -0.25) is 19.3 Å². The maximum Gasteiger partial charge on any atom is 0.264 e. The molecule has 1 aliphatic rings. The molecule has 8 heteroatoms. The number of phenolic OH excluding ortho intramolecular Hbond substituents is 1. The van der Waals surface area contributed by atoms with E-state index >= 15 is 0 Å². The fourth-order valence-electron chi connectivity index (χ4n) is 3.11. The molecule has 4 rings (SSSR count). The Morgan fingerprint density at radius 3 is 2.64 bits per heavy atom. The summed E-state index contributed by atoms with van der Waals surface area (Å²) in [5, 5.41) is 20.2. The third kappa shape index (κ3) is 3.36. The van der Waals surface area contributed by atoms with E-state index in [2.05, 4.69) is 4.98 Å². The Labute approximate surface area is 170 Å². The van der Waals surface area contributed by atoms with Crippen LogP contribution in [0, 0.1) is 4.77 Å². The second-order valence-electron chi connectivity index (χ2n) is 6.45. The molecule has 3 aromatic rings. The highest BCUT2D eigenvalue weighted by molar-refractivity contribution is 7.99. The van der Waals surface area contributed by atoms with E-state index in [1.807, 2.05) is 36.4 Å². The van der Waals surface area contributed by atoms with E-state index in [1.54, 1.807) is 30.9 Å². The van der Waals surface area contributed by atoms with Gasteiger partial charge in [0, 0.05) is 23.6 Å². The van der Waals surface area contributed by atoms with E-state index in [0.29, 0.717) is 12.1 Å². The molecule has 2 aromatic carbocycles. The van der Waals surface area contributed by atoms with Crippen LogP contribution < -0.4 is 5.56 Å². The van der Waals surface area contributed by atoms with Crippen molar-refractivity contribution < 1.29 is 10.2 Å². The molecular formula is C20H17N3O3S2. The lowest BCUT2D eigenvalue weighted by Gasteiger charge is -2.17. The van der Waals surface area contributed by atoms with Crippen LogP contribution in [-0.4, -0.2) is 25.5 Å². The van der Waals surface area contributed by atoms with Gasteiger partial charge in [-0.25, -0.2) is 0 Å².